The molecule has 13 heteroatoms. The first kappa shape index (κ1) is 29.2. The zero-order valence-corrected chi connectivity index (χ0v) is 22.0. The first-order valence-corrected chi connectivity index (χ1v) is 12.8. The Morgan fingerprint density at radius 3 is 2.48 bits per heavy atom. The van der Waals surface area contributed by atoms with Crippen LogP contribution in [0.2, 0.25) is 0 Å². The van der Waals surface area contributed by atoms with E-state index in [0.717, 1.165) is 24.0 Å². The van der Waals surface area contributed by atoms with Crippen molar-refractivity contribution in [1.29, 1.82) is 0 Å². The number of Topliss-reactive ketones (excluding diaryl/α,β-unsaturated/α-hetero) is 1. The highest BCUT2D eigenvalue weighted by Crippen LogP contribution is 2.43. The van der Waals surface area contributed by atoms with Gasteiger partial charge in [0.05, 0.1) is 5.69 Å². The Kier molecular flexibility index (Phi) is 7.56. The third-order valence-corrected chi connectivity index (χ3v) is 7.44. The van der Waals surface area contributed by atoms with Gasteiger partial charge in [0.2, 0.25) is 11.5 Å². The van der Waals surface area contributed by atoms with Crippen molar-refractivity contribution in [2.75, 3.05) is 13.3 Å². The molecule has 2 atom stereocenters. The first-order valence-electron chi connectivity index (χ1n) is 12.8. The highest BCUT2D eigenvalue weighted by Gasteiger charge is 2.59. The molecule has 1 spiro atoms. The molecular formula is C29H23F6N3O4. The molecule has 42 heavy (non-hydrogen) atoms. The minimum Gasteiger partial charge on any atom is -0.332 e. The van der Waals surface area contributed by atoms with Crippen molar-refractivity contribution in [2.24, 2.45) is 0 Å². The van der Waals surface area contributed by atoms with Gasteiger partial charge in [0, 0.05) is 35.9 Å². The standard InChI is InChI=1S/C29H23F6N3O4/c1-16(29(33,34)35)38(13-17-2-5-21(30)6-3-17)25(40)14-37-15-42-28(27(37)41)22-7-4-18(10-20(22)12-24(28)39)23-11-19(26(31)32)8-9-36-23/h2-11,16,26H,12-15H2,1H3/t16?,28-/m1/s1. The molecule has 0 N–H and O–H groups in total. The predicted octanol–water partition coefficient (Wildman–Crippen LogP) is 4.94. The smallest absolute Gasteiger partial charge is 0.332 e. The van der Waals surface area contributed by atoms with Crippen molar-refractivity contribution < 1.29 is 45.5 Å². The lowest BCUT2D eigenvalue weighted by atomic mass is 9.93. The largest absolute Gasteiger partial charge is 0.408 e. The van der Waals surface area contributed by atoms with Gasteiger partial charge in [-0.05, 0) is 48.4 Å². The third kappa shape index (κ3) is 5.24. The molecule has 1 fully saturated rings. The van der Waals surface area contributed by atoms with Crippen molar-refractivity contribution in [1.82, 2.24) is 14.8 Å². The van der Waals surface area contributed by atoms with E-state index in [1.54, 1.807) is 6.07 Å². The van der Waals surface area contributed by atoms with Gasteiger partial charge in [0.15, 0.2) is 5.78 Å². The number of hydrogen-bond acceptors (Lipinski definition) is 5. The van der Waals surface area contributed by atoms with E-state index >= 15 is 0 Å². The zero-order chi connectivity index (χ0) is 30.4. The molecule has 0 saturated carbocycles. The number of amides is 2. The van der Waals surface area contributed by atoms with Crippen molar-refractivity contribution in [3.05, 3.63) is 88.9 Å². The molecule has 2 aliphatic rings. The summed E-state index contributed by atoms with van der Waals surface area (Å²) in [5, 5.41) is 0. The summed E-state index contributed by atoms with van der Waals surface area (Å²) in [6.45, 7) is -1.03. The van der Waals surface area contributed by atoms with Gasteiger partial charge in [-0.1, -0.05) is 24.3 Å². The molecule has 0 bridgehead atoms. The monoisotopic (exact) mass is 591 g/mol. The van der Waals surface area contributed by atoms with Crippen LogP contribution < -0.4 is 0 Å². The lowest BCUT2D eigenvalue weighted by Gasteiger charge is -2.32. The van der Waals surface area contributed by atoms with Crippen LogP contribution in [-0.2, 0) is 37.7 Å². The summed E-state index contributed by atoms with van der Waals surface area (Å²) in [6, 6.07) is 9.25. The Bertz CT molecular complexity index is 1550. The van der Waals surface area contributed by atoms with Crippen molar-refractivity contribution in [2.45, 2.75) is 44.1 Å². The average molecular weight is 592 g/mol. The van der Waals surface area contributed by atoms with E-state index < -0.39 is 67.5 Å². The number of ketones is 1. The molecule has 0 radical (unpaired) electrons. The molecule has 7 nitrogen and oxygen atoms in total. The Hall–Kier alpha value is -4.26. The van der Waals surface area contributed by atoms with Crippen molar-refractivity contribution in [3.8, 4) is 11.3 Å². The van der Waals surface area contributed by atoms with Gasteiger partial charge in [-0.15, -0.1) is 0 Å². The second-order valence-corrected chi connectivity index (χ2v) is 10.1. The SMILES string of the molecule is CC(N(Cc1ccc(F)cc1)C(=O)CN1CO[C@]2(C(=O)Cc3cc(-c4cc(C(F)F)ccn4)ccc32)C1=O)C(F)(F)F. The number of benzene rings is 2. The second kappa shape index (κ2) is 10.9. The summed E-state index contributed by atoms with van der Waals surface area (Å²) in [6.07, 6.45) is -6.50. The third-order valence-electron chi connectivity index (χ3n) is 7.44. The van der Waals surface area contributed by atoms with Gasteiger partial charge >= 0.3 is 6.18 Å². The van der Waals surface area contributed by atoms with Gasteiger partial charge < -0.3 is 14.5 Å². The second-order valence-electron chi connectivity index (χ2n) is 10.1. The van der Waals surface area contributed by atoms with E-state index in [4.69, 9.17) is 4.74 Å². The lowest BCUT2D eigenvalue weighted by molar-refractivity contribution is -0.187. The Morgan fingerprint density at radius 1 is 1.10 bits per heavy atom. The topological polar surface area (TPSA) is 79.8 Å². The maximum atomic E-state index is 13.6. The Labute approximate surface area is 235 Å². The molecule has 1 aliphatic heterocycles. The van der Waals surface area contributed by atoms with Crippen LogP contribution in [0.5, 0.6) is 0 Å². The molecule has 2 aromatic carbocycles. The highest BCUT2D eigenvalue weighted by atomic mass is 19.4. The van der Waals surface area contributed by atoms with E-state index in [1.807, 2.05) is 0 Å². The molecule has 220 valence electrons. The Balaban J connectivity index is 1.38. The summed E-state index contributed by atoms with van der Waals surface area (Å²) in [4.78, 5) is 45.4. The number of nitrogens with zero attached hydrogens (tertiary/aromatic N) is 3. The first-order chi connectivity index (χ1) is 19.8. The lowest BCUT2D eigenvalue weighted by Crippen LogP contribution is -2.51. The van der Waals surface area contributed by atoms with Gasteiger partial charge in [-0.2, -0.15) is 13.2 Å². The van der Waals surface area contributed by atoms with Gasteiger partial charge in [-0.3, -0.25) is 19.4 Å². The fourth-order valence-electron chi connectivity index (χ4n) is 5.12. The summed E-state index contributed by atoms with van der Waals surface area (Å²) < 4.78 is 86.2. The molecule has 2 amide bonds. The maximum absolute atomic E-state index is 13.6. The van der Waals surface area contributed by atoms with Crippen LogP contribution in [0.3, 0.4) is 0 Å². The van der Waals surface area contributed by atoms with E-state index in [-0.39, 0.29) is 28.8 Å². The van der Waals surface area contributed by atoms with Gasteiger partial charge in [0.1, 0.15) is 25.1 Å². The number of fused-ring (bicyclic) bond motifs is 2. The van der Waals surface area contributed by atoms with E-state index in [1.165, 1.54) is 42.6 Å². The zero-order valence-electron chi connectivity index (χ0n) is 22.0. The summed E-state index contributed by atoms with van der Waals surface area (Å²) in [5.74, 6) is -3.18. The highest BCUT2D eigenvalue weighted by molar-refractivity contribution is 6.15. The van der Waals surface area contributed by atoms with Gasteiger partial charge in [0.25, 0.3) is 12.3 Å². The summed E-state index contributed by atoms with van der Waals surface area (Å²) in [5.41, 5.74) is -0.823. The maximum Gasteiger partial charge on any atom is 0.408 e. The number of hydrogen-bond donors (Lipinski definition) is 0. The van der Waals surface area contributed by atoms with Crippen molar-refractivity contribution >= 4 is 17.6 Å². The number of rotatable bonds is 7. The molecule has 5 rings (SSSR count). The molecule has 1 aromatic heterocycles. The number of alkyl halides is 5. The van der Waals surface area contributed by atoms with Crippen LogP contribution in [0, 0.1) is 5.82 Å². The van der Waals surface area contributed by atoms with Crippen LogP contribution in [-0.4, -0.2) is 57.9 Å². The van der Waals surface area contributed by atoms with E-state index in [0.29, 0.717) is 16.0 Å². The van der Waals surface area contributed by atoms with Crippen LogP contribution >= 0.6 is 0 Å². The average Bonchev–Trinajstić information content (AvgIpc) is 3.43. The number of carbonyl (C=O) groups excluding carboxylic acids is 3. The van der Waals surface area contributed by atoms with E-state index in [2.05, 4.69) is 4.98 Å². The minimum absolute atomic E-state index is 0.202. The number of carbonyl (C=O) groups is 3. The molecule has 1 unspecified atom stereocenters. The van der Waals surface area contributed by atoms with Crippen molar-refractivity contribution in [3.63, 3.8) is 0 Å². The van der Waals surface area contributed by atoms with Crippen LogP contribution in [0.25, 0.3) is 11.3 Å². The molecular weight excluding hydrogens is 568 g/mol. The summed E-state index contributed by atoms with van der Waals surface area (Å²) in [7, 11) is 0. The fourth-order valence-corrected chi connectivity index (χ4v) is 5.12. The quantitative estimate of drug-likeness (QED) is 0.287. The molecule has 2 heterocycles. The minimum atomic E-state index is -4.79. The molecule has 3 aromatic rings. The number of pyridine rings is 1. The fraction of sp³-hybridized carbons (Fsp3) is 0.310. The van der Waals surface area contributed by atoms with Crippen LogP contribution in [0.1, 0.15) is 35.6 Å². The number of halogens is 6. The van der Waals surface area contributed by atoms with Crippen LogP contribution in [0.15, 0.2) is 60.8 Å². The van der Waals surface area contributed by atoms with E-state index in [9.17, 15) is 40.7 Å². The van der Waals surface area contributed by atoms with Crippen LogP contribution in [0.4, 0.5) is 26.3 Å². The number of aromatic nitrogens is 1. The molecule has 1 aliphatic carbocycles. The Morgan fingerprint density at radius 2 is 1.81 bits per heavy atom. The normalized spacial score (nSPS) is 19.1. The van der Waals surface area contributed by atoms with Gasteiger partial charge in [-0.25, -0.2) is 13.2 Å². The predicted molar refractivity (Wildman–Crippen MR) is 135 cm³/mol. The summed E-state index contributed by atoms with van der Waals surface area (Å²) >= 11 is 0. The molecule has 1 saturated heterocycles. The number of ether oxygens (including phenoxy) is 1.